The van der Waals surface area contributed by atoms with Crippen LogP contribution >= 0.6 is 0 Å². The van der Waals surface area contributed by atoms with Gasteiger partial charge >= 0.3 is 34.0 Å². The number of carbonyl (C=O) groups is 4. The summed E-state index contributed by atoms with van der Waals surface area (Å²) in [5, 5.41) is 0. The van der Waals surface area contributed by atoms with Gasteiger partial charge in [0.15, 0.2) is 11.6 Å². The van der Waals surface area contributed by atoms with Crippen molar-refractivity contribution in [2.24, 2.45) is 0 Å². The summed E-state index contributed by atoms with van der Waals surface area (Å²) in [7, 11) is 0. The first-order valence-corrected chi connectivity index (χ1v) is 21.3. The monoisotopic (exact) mass is 703 g/mol. The largest absolute Gasteiger partial charge is 1.00 e. The van der Waals surface area contributed by atoms with Crippen LogP contribution in [-0.2, 0) is 30.5 Å². The van der Waals surface area contributed by atoms with E-state index in [1.54, 1.807) is 0 Å². The maximum absolute atomic E-state index is 11.9. The fourth-order valence-electron chi connectivity index (χ4n) is 4.85. The van der Waals surface area contributed by atoms with Crippen molar-refractivity contribution in [2.45, 2.75) is 202 Å². The molecule has 0 unspecified atom stereocenters. The van der Waals surface area contributed by atoms with Gasteiger partial charge in [0.1, 0.15) is 11.6 Å². The molecule has 0 fully saturated rings. The average Bonchev–Trinajstić information content (AvgIpc) is 3.07. The Morgan fingerprint density at radius 3 is 1.35 bits per heavy atom. The van der Waals surface area contributed by atoms with Crippen molar-refractivity contribution < 1.29 is 50.8 Å². The van der Waals surface area contributed by atoms with Gasteiger partial charge in [0.05, 0.1) is 0 Å². The first-order chi connectivity index (χ1) is 23.3. The second-order valence-corrected chi connectivity index (χ2v) is 14.7. The molecule has 7 nitrogen and oxygen atoms in total. The number of unbranched alkanes of at least 4 members (excludes halogenated alkanes) is 15. The summed E-state index contributed by atoms with van der Waals surface area (Å²) in [6.45, 7) is 12.4. The van der Waals surface area contributed by atoms with Gasteiger partial charge < -0.3 is 12.8 Å². The van der Waals surface area contributed by atoms with Crippen molar-refractivity contribution in [3.63, 3.8) is 0 Å². The van der Waals surface area contributed by atoms with Crippen molar-refractivity contribution in [2.75, 3.05) is 19.8 Å². The van der Waals surface area contributed by atoms with Gasteiger partial charge in [-0.15, -0.1) is 0 Å². The minimum atomic E-state index is -1.83. The first-order valence-electron chi connectivity index (χ1n) is 19.9. The molecule has 0 heterocycles. The van der Waals surface area contributed by atoms with Crippen LogP contribution in [0.25, 0.3) is 0 Å². The number of allylic oxidation sites excluding steroid dienone is 2. The van der Waals surface area contributed by atoms with Crippen LogP contribution in [0.1, 0.15) is 203 Å². The van der Waals surface area contributed by atoms with E-state index in [4.69, 9.17) is 11.4 Å². The second kappa shape index (κ2) is 43.6. The predicted octanol–water partition coefficient (Wildman–Crippen LogP) is 8.20. The summed E-state index contributed by atoms with van der Waals surface area (Å²) in [5.41, 5.74) is 0. The molecular formula is C40H76AlLiO7. The van der Waals surface area contributed by atoms with Crippen LogP contribution in [0.4, 0.5) is 0 Å². The van der Waals surface area contributed by atoms with E-state index < -0.39 is 15.1 Å². The van der Waals surface area contributed by atoms with Crippen molar-refractivity contribution >= 4 is 38.3 Å². The first kappa shape index (κ1) is 52.8. The van der Waals surface area contributed by atoms with E-state index in [-0.39, 0.29) is 31.9 Å². The zero-order valence-electron chi connectivity index (χ0n) is 34.1. The van der Waals surface area contributed by atoms with Crippen molar-refractivity contribution in [3.8, 4) is 0 Å². The van der Waals surface area contributed by atoms with Gasteiger partial charge in [-0.1, -0.05) is 117 Å². The molecule has 9 heteroatoms. The molecule has 0 amide bonds. The van der Waals surface area contributed by atoms with Crippen LogP contribution in [-0.4, -0.2) is 58.1 Å². The Balaban J connectivity index is -0.000000498. The molecule has 0 aliphatic heterocycles. The number of ketones is 4. The summed E-state index contributed by atoms with van der Waals surface area (Å²) >= 11 is -1.83. The molecule has 0 rings (SSSR count). The van der Waals surface area contributed by atoms with E-state index in [0.29, 0.717) is 43.7 Å². The molecule has 0 aliphatic rings. The molecule has 0 radical (unpaired) electrons. The molecule has 0 aromatic rings. The molecule has 49 heavy (non-hydrogen) atoms. The molecule has 0 saturated carbocycles. The summed E-state index contributed by atoms with van der Waals surface area (Å²) < 4.78 is 17.0. The Labute approximate surface area is 321 Å². The smallest absolute Gasteiger partial charge is 1.00 e. The van der Waals surface area contributed by atoms with Crippen molar-refractivity contribution in [1.82, 2.24) is 0 Å². The normalized spacial score (nSPS) is 10.8. The summed E-state index contributed by atoms with van der Waals surface area (Å²) in [5.74, 6) is -0.0592. The molecule has 0 spiro atoms. The number of rotatable bonds is 36. The zero-order valence-corrected chi connectivity index (χ0v) is 34.3. The quantitative estimate of drug-likeness (QED) is 0.0281. The van der Waals surface area contributed by atoms with E-state index in [0.717, 1.165) is 110 Å². The van der Waals surface area contributed by atoms with Gasteiger partial charge in [-0.25, -0.2) is 0 Å². The third kappa shape index (κ3) is 43.5. The van der Waals surface area contributed by atoms with Crippen LogP contribution in [0.5, 0.6) is 0 Å². The number of carbonyl (C=O) groups excluding carboxylic acids is 4. The van der Waals surface area contributed by atoms with Crippen LogP contribution < -0.4 is 18.9 Å². The molecule has 0 atom stereocenters. The Morgan fingerprint density at radius 2 is 0.878 bits per heavy atom. The van der Waals surface area contributed by atoms with Gasteiger partial charge in [0.25, 0.3) is 0 Å². The van der Waals surface area contributed by atoms with Gasteiger partial charge in [-0.3, -0.25) is 19.2 Å². The van der Waals surface area contributed by atoms with Gasteiger partial charge in [-0.2, -0.15) is 0 Å². The molecule has 0 aliphatic carbocycles. The van der Waals surface area contributed by atoms with Crippen molar-refractivity contribution in [1.29, 1.82) is 0 Å². The summed E-state index contributed by atoms with van der Waals surface area (Å²) in [6, 6.07) is 0. The molecule has 0 N–H and O–H groups in total. The topological polar surface area (TPSA) is 96.0 Å². The van der Waals surface area contributed by atoms with Crippen LogP contribution in [0.3, 0.4) is 0 Å². The molecule has 0 aromatic carbocycles. The maximum atomic E-state index is 11.9. The van der Waals surface area contributed by atoms with Crippen LogP contribution in [0.15, 0.2) is 12.2 Å². The maximum Gasteiger partial charge on any atom is 1.00 e. The standard InChI is InChI=1S/C28H48O4.3C4H9O.Al.Li.H/c1-3-4-5-6-7-8-9-10-11-15-20-26(30)22-17-14-18-23-27(31)21-16-12-13-19-24-28(32)25(2)29;3*1-2-3-4-5;;;/h11,15H,3-10,12-14,16-24H2,1-2H3;3*2-4H2,1H3;;;/q;3*-1;+3;+1;-1. The van der Waals surface area contributed by atoms with E-state index in [1.807, 2.05) is 6.08 Å². The molecule has 0 bridgehead atoms. The Kier molecular flexibility index (Phi) is 47.0. The van der Waals surface area contributed by atoms with Crippen molar-refractivity contribution in [3.05, 3.63) is 12.2 Å². The Hall–Kier alpha value is -0.570. The third-order valence-electron chi connectivity index (χ3n) is 8.16. The zero-order chi connectivity index (χ0) is 35.9. The van der Waals surface area contributed by atoms with E-state index in [9.17, 15) is 19.2 Å². The van der Waals surface area contributed by atoms with Crippen LogP contribution in [0.2, 0.25) is 0 Å². The number of hydrogen-bond donors (Lipinski definition) is 0. The summed E-state index contributed by atoms with van der Waals surface area (Å²) in [6.07, 6.45) is 30.0. The molecular weight excluding hydrogens is 626 g/mol. The molecule has 0 saturated heterocycles. The molecule has 0 aromatic heterocycles. The SMILES string of the molecule is CCCCCCCCCC=CCC(=O)CCCCCC(=O)CCCCCCC(=O)C(C)=O.CCCC[O][Al]([O]CCCC)[O]CCCC.[H-].[Li+]. The van der Waals surface area contributed by atoms with Crippen LogP contribution in [0, 0.1) is 0 Å². The van der Waals surface area contributed by atoms with E-state index in [1.165, 1.54) is 51.9 Å². The summed E-state index contributed by atoms with van der Waals surface area (Å²) in [4.78, 5) is 45.9. The van der Waals surface area contributed by atoms with Gasteiger partial charge in [0, 0.05) is 58.8 Å². The number of hydrogen-bond acceptors (Lipinski definition) is 7. The Bertz CT molecular complexity index is 774. The number of Topliss-reactive ketones (excluding diaryl/α,β-unsaturated/α-hetero) is 4. The van der Waals surface area contributed by atoms with E-state index in [2.05, 4.69) is 33.8 Å². The van der Waals surface area contributed by atoms with Gasteiger partial charge in [0.2, 0.25) is 0 Å². The average molecular weight is 703 g/mol. The van der Waals surface area contributed by atoms with Gasteiger partial charge in [-0.05, 0) is 57.8 Å². The third-order valence-corrected chi connectivity index (χ3v) is 9.68. The second-order valence-electron chi connectivity index (χ2n) is 13.1. The molecule has 282 valence electrons. The predicted molar refractivity (Wildman–Crippen MR) is 202 cm³/mol. The Morgan fingerprint density at radius 1 is 0.490 bits per heavy atom. The fraction of sp³-hybridized carbons (Fsp3) is 0.850. The fourth-order valence-corrected chi connectivity index (χ4v) is 6.22. The van der Waals surface area contributed by atoms with E-state index >= 15 is 0 Å². The minimum Gasteiger partial charge on any atom is -1.00 e. The minimum absolute atomic E-state index is 0.